The van der Waals surface area contributed by atoms with Crippen molar-refractivity contribution in [3.63, 3.8) is 0 Å². The van der Waals surface area contributed by atoms with Gasteiger partial charge in [0, 0.05) is 11.6 Å². The van der Waals surface area contributed by atoms with Crippen molar-refractivity contribution in [2.75, 3.05) is 19.6 Å². The average Bonchev–Trinajstić information content (AvgIpc) is 2.40. The van der Waals surface area contributed by atoms with Gasteiger partial charge >= 0.3 is 0 Å². The third-order valence-electron chi connectivity index (χ3n) is 3.14. The van der Waals surface area contributed by atoms with Crippen LogP contribution in [0.3, 0.4) is 0 Å². The van der Waals surface area contributed by atoms with E-state index in [9.17, 15) is 8.42 Å². The lowest BCUT2D eigenvalue weighted by Crippen LogP contribution is -2.38. The number of sulfonamides is 1. The van der Waals surface area contributed by atoms with Crippen LogP contribution in [-0.2, 0) is 10.0 Å². The molecule has 1 saturated heterocycles. The van der Waals surface area contributed by atoms with Crippen LogP contribution in [0.15, 0.2) is 23.1 Å². The molecule has 1 fully saturated rings. The summed E-state index contributed by atoms with van der Waals surface area (Å²) in [5, 5.41) is 3.78. The Balaban J connectivity index is 2.07. The summed E-state index contributed by atoms with van der Waals surface area (Å²) in [5.41, 5.74) is 0. The SMILES string of the molecule is O=S(=O)(NCC1CCCNC1)c1cc(Cl)ccc1Cl. The predicted molar refractivity (Wildman–Crippen MR) is 77.2 cm³/mol. The summed E-state index contributed by atoms with van der Waals surface area (Å²) >= 11 is 11.7. The van der Waals surface area contributed by atoms with Gasteiger partial charge in [0.2, 0.25) is 10.0 Å². The van der Waals surface area contributed by atoms with Gasteiger partial charge in [-0.15, -0.1) is 0 Å². The molecular formula is C12H16Cl2N2O2S. The summed E-state index contributed by atoms with van der Waals surface area (Å²) in [5.74, 6) is 0.321. The van der Waals surface area contributed by atoms with Crippen LogP contribution in [0.25, 0.3) is 0 Å². The monoisotopic (exact) mass is 322 g/mol. The molecule has 0 aromatic heterocycles. The van der Waals surface area contributed by atoms with Gasteiger partial charge in [0.25, 0.3) is 0 Å². The lowest BCUT2D eigenvalue weighted by Gasteiger charge is -2.22. The number of halogens is 2. The summed E-state index contributed by atoms with van der Waals surface area (Å²) in [6.45, 7) is 2.26. The Labute approximate surface area is 123 Å². The molecule has 0 amide bonds. The third kappa shape index (κ3) is 4.07. The molecule has 1 aromatic carbocycles. The first-order valence-electron chi connectivity index (χ1n) is 6.14. The zero-order chi connectivity index (χ0) is 13.9. The Kier molecular flexibility index (Phi) is 5.09. The van der Waals surface area contributed by atoms with Crippen LogP contribution in [0.2, 0.25) is 10.0 Å². The van der Waals surface area contributed by atoms with Gasteiger partial charge in [-0.2, -0.15) is 0 Å². The molecule has 2 rings (SSSR count). The number of rotatable bonds is 4. The summed E-state index contributed by atoms with van der Waals surface area (Å²) in [6, 6.07) is 4.42. The molecule has 1 aromatic rings. The van der Waals surface area contributed by atoms with E-state index in [-0.39, 0.29) is 9.92 Å². The molecule has 4 nitrogen and oxygen atoms in total. The summed E-state index contributed by atoms with van der Waals surface area (Å²) in [4.78, 5) is 0.0328. The van der Waals surface area contributed by atoms with Gasteiger partial charge < -0.3 is 5.32 Å². The van der Waals surface area contributed by atoms with E-state index in [0.29, 0.717) is 17.5 Å². The summed E-state index contributed by atoms with van der Waals surface area (Å²) < 4.78 is 26.9. The molecule has 0 spiro atoms. The molecule has 0 saturated carbocycles. The molecule has 0 aliphatic carbocycles. The first-order valence-corrected chi connectivity index (χ1v) is 8.38. The van der Waals surface area contributed by atoms with Crippen molar-refractivity contribution in [2.45, 2.75) is 17.7 Å². The molecule has 7 heteroatoms. The van der Waals surface area contributed by atoms with E-state index in [2.05, 4.69) is 10.0 Å². The van der Waals surface area contributed by atoms with E-state index in [1.807, 2.05) is 0 Å². The fourth-order valence-corrected chi connectivity index (χ4v) is 3.96. The fourth-order valence-electron chi connectivity index (χ4n) is 2.09. The number of benzene rings is 1. The van der Waals surface area contributed by atoms with Crippen molar-refractivity contribution < 1.29 is 8.42 Å². The third-order valence-corrected chi connectivity index (χ3v) is 5.28. The summed E-state index contributed by atoms with van der Waals surface area (Å²) in [6.07, 6.45) is 2.10. The molecule has 0 bridgehead atoms. The number of nitrogens with one attached hydrogen (secondary N) is 2. The maximum absolute atomic E-state index is 12.2. The second-order valence-electron chi connectivity index (χ2n) is 4.64. The molecule has 106 valence electrons. The number of piperidine rings is 1. The Bertz CT molecular complexity index is 543. The minimum Gasteiger partial charge on any atom is -0.316 e. The highest BCUT2D eigenvalue weighted by atomic mass is 35.5. The fraction of sp³-hybridized carbons (Fsp3) is 0.500. The van der Waals surface area contributed by atoms with Crippen molar-refractivity contribution >= 4 is 33.2 Å². The first-order chi connectivity index (χ1) is 8.99. The van der Waals surface area contributed by atoms with Gasteiger partial charge in [0.05, 0.1) is 5.02 Å². The highest BCUT2D eigenvalue weighted by Gasteiger charge is 2.21. The minimum atomic E-state index is -3.61. The summed E-state index contributed by atoms with van der Waals surface area (Å²) in [7, 11) is -3.61. The van der Waals surface area contributed by atoms with Gasteiger partial charge in [-0.3, -0.25) is 0 Å². The topological polar surface area (TPSA) is 58.2 Å². The van der Waals surface area contributed by atoms with Gasteiger partial charge in [-0.1, -0.05) is 23.2 Å². The predicted octanol–water partition coefficient (Wildman–Crippen LogP) is 2.27. The molecule has 1 unspecified atom stereocenters. The standard InChI is InChI=1S/C12H16Cl2N2O2S/c13-10-3-4-11(14)12(6-10)19(17,18)16-8-9-2-1-5-15-7-9/h3-4,6,9,15-16H,1-2,5,7-8H2. The molecule has 1 aliphatic rings. The van der Waals surface area contributed by atoms with E-state index in [0.717, 1.165) is 25.9 Å². The van der Waals surface area contributed by atoms with Crippen molar-refractivity contribution in [1.29, 1.82) is 0 Å². The van der Waals surface area contributed by atoms with E-state index in [1.54, 1.807) is 6.07 Å². The Morgan fingerprint density at radius 2 is 2.16 bits per heavy atom. The van der Waals surface area contributed by atoms with Gasteiger partial charge in [-0.25, -0.2) is 13.1 Å². The zero-order valence-corrected chi connectivity index (χ0v) is 12.7. The highest BCUT2D eigenvalue weighted by Crippen LogP contribution is 2.25. The van der Waals surface area contributed by atoms with Crippen molar-refractivity contribution in [3.8, 4) is 0 Å². The van der Waals surface area contributed by atoms with Crippen molar-refractivity contribution in [2.24, 2.45) is 5.92 Å². The Morgan fingerprint density at radius 1 is 1.37 bits per heavy atom. The second kappa shape index (κ2) is 6.41. The highest BCUT2D eigenvalue weighted by molar-refractivity contribution is 7.89. The van der Waals surface area contributed by atoms with Crippen LogP contribution < -0.4 is 10.0 Å². The lowest BCUT2D eigenvalue weighted by atomic mass is 10.0. The van der Waals surface area contributed by atoms with Gasteiger partial charge in [0.1, 0.15) is 4.90 Å². The molecule has 2 N–H and O–H groups in total. The molecule has 19 heavy (non-hydrogen) atoms. The second-order valence-corrected chi connectivity index (χ2v) is 7.22. The Morgan fingerprint density at radius 3 is 2.84 bits per heavy atom. The van der Waals surface area contributed by atoms with Gasteiger partial charge in [-0.05, 0) is 50.0 Å². The lowest BCUT2D eigenvalue weighted by molar-refractivity contribution is 0.376. The quantitative estimate of drug-likeness (QED) is 0.894. The number of hydrogen-bond acceptors (Lipinski definition) is 3. The molecule has 0 radical (unpaired) electrons. The molecule has 1 atom stereocenters. The van der Waals surface area contributed by atoms with E-state index in [4.69, 9.17) is 23.2 Å². The minimum absolute atomic E-state index is 0.0328. The van der Waals surface area contributed by atoms with Crippen molar-refractivity contribution in [3.05, 3.63) is 28.2 Å². The van der Waals surface area contributed by atoms with Crippen LogP contribution in [0.5, 0.6) is 0 Å². The average molecular weight is 323 g/mol. The van der Waals surface area contributed by atoms with E-state index in [1.165, 1.54) is 12.1 Å². The molecule has 1 aliphatic heterocycles. The van der Waals surface area contributed by atoms with E-state index < -0.39 is 10.0 Å². The number of hydrogen-bond donors (Lipinski definition) is 2. The maximum Gasteiger partial charge on any atom is 0.242 e. The molecular weight excluding hydrogens is 307 g/mol. The smallest absolute Gasteiger partial charge is 0.242 e. The normalized spacial score (nSPS) is 20.4. The molecule has 1 heterocycles. The van der Waals surface area contributed by atoms with Crippen LogP contribution in [0, 0.1) is 5.92 Å². The van der Waals surface area contributed by atoms with Gasteiger partial charge in [0.15, 0.2) is 0 Å². The van der Waals surface area contributed by atoms with Crippen LogP contribution >= 0.6 is 23.2 Å². The Hall–Kier alpha value is -0.330. The maximum atomic E-state index is 12.2. The van der Waals surface area contributed by atoms with Crippen LogP contribution in [0.1, 0.15) is 12.8 Å². The zero-order valence-electron chi connectivity index (χ0n) is 10.3. The van der Waals surface area contributed by atoms with Crippen LogP contribution in [0.4, 0.5) is 0 Å². The first kappa shape index (κ1) is 15.1. The van der Waals surface area contributed by atoms with Crippen LogP contribution in [-0.4, -0.2) is 28.1 Å². The van der Waals surface area contributed by atoms with Crippen molar-refractivity contribution in [1.82, 2.24) is 10.0 Å². The largest absolute Gasteiger partial charge is 0.316 e. The van der Waals surface area contributed by atoms with E-state index >= 15 is 0 Å².